The molecule has 0 spiro atoms. The van der Waals surface area contributed by atoms with Crippen molar-refractivity contribution in [1.29, 1.82) is 0 Å². The Hall–Kier alpha value is -4.55. The highest BCUT2D eigenvalue weighted by molar-refractivity contribution is 9.10. The Labute approximate surface area is 264 Å². The number of non-ortho nitro benzene ring substituents is 1. The monoisotopic (exact) mass is 677 g/mol. The molecule has 0 fully saturated rings. The van der Waals surface area contributed by atoms with E-state index in [1.54, 1.807) is 48.8 Å². The molecule has 1 atom stereocenters. The van der Waals surface area contributed by atoms with Gasteiger partial charge in [0.15, 0.2) is 16.3 Å². The zero-order chi connectivity index (χ0) is 31.5. The fourth-order valence-electron chi connectivity index (χ4n) is 4.81. The Morgan fingerprint density at radius 3 is 2.45 bits per heavy atom. The second-order valence-corrected chi connectivity index (χ2v) is 11.8. The highest BCUT2D eigenvalue weighted by Gasteiger charge is 2.33. The van der Waals surface area contributed by atoms with Crippen molar-refractivity contribution in [2.45, 2.75) is 33.4 Å². The van der Waals surface area contributed by atoms with Crippen LogP contribution < -0.4 is 24.4 Å². The van der Waals surface area contributed by atoms with E-state index in [0.29, 0.717) is 42.1 Å². The van der Waals surface area contributed by atoms with E-state index in [1.807, 2.05) is 31.2 Å². The molecule has 5 rings (SSSR count). The molecule has 0 saturated carbocycles. The molecule has 2 heterocycles. The number of fused-ring (bicyclic) bond motifs is 1. The van der Waals surface area contributed by atoms with Gasteiger partial charge in [-0.1, -0.05) is 57.1 Å². The molecule has 0 unspecified atom stereocenters. The SMILES string of the molecule is CCOC(=O)C1=C(C)N=c2s/c(=C/c3cc(OC)c(OCc4ccc([N+](=O)[O-])cc4)cc3Br)c(=O)n2[C@H]1c1ccc(C)cc1. The van der Waals surface area contributed by atoms with Crippen molar-refractivity contribution < 1.29 is 23.9 Å². The van der Waals surface area contributed by atoms with Crippen LogP contribution in [0, 0.1) is 17.0 Å². The number of carbonyl (C=O) groups excluding carboxylic acids is 1. The smallest absolute Gasteiger partial charge is 0.338 e. The Balaban J connectivity index is 1.53. The number of allylic oxidation sites excluding steroid dienone is 1. The van der Waals surface area contributed by atoms with E-state index in [9.17, 15) is 19.7 Å². The molecule has 0 bridgehead atoms. The van der Waals surface area contributed by atoms with Crippen LogP contribution in [0.4, 0.5) is 5.69 Å². The van der Waals surface area contributed by atoms with Crippen molar-refractivity contribution in [2.24, 2.45) is 4.99 Å². The topological polar surface area (TPSA) is 122 Å². The van der Waals surface area contributed by atoms with Crippen LogP contribution in [-0.2, 0) is 16.1 Å². The van der Waals surface area contributed by atoms with Crippen molar-refractivity contribution in [1.82, 2.24) is 4.57 Å². The summed E-state index contributed by atoms with van der Waals surface area (Å²) >= 11 is 4.82. The van der Waals surface area contributed by atoms with Gasteiger partial charge in [-0.15, -0.1) is 0 Å². The predicted octanol–water partition coefficient (Wildman–Crippen LogP) is 5.37. The zero-order valence-corrected chi connectivity index (χ0v) is 26.7. The fourth-order valence-corrected chi connectivity index (χ4v) is 6.28. The highest BCUT2D eigenvalue weighted by atomic mass is 79.9. The third-order valence-electron chi connectivity index (χ3n) is 7.02. The summed E-state index contributed by atoms with van der Waals surface area (Å²) in [7, 11) is 1.51. The first kappa shape index (κ1) is 30.9. The van der Waals surface area contributed by atoms with Gasteiger partial charge in [0, 0.05) is 16.6 Å². The maximum atomic E-state index is 14.0. The van der Waals surface area contributed by atoms with Crippen molar-refractivity contribution in [3.05, 3.63) is 128 Å². The lowest BCUT2D eigenvalue weighted by Crippen LogP contribution is -2.39. The van der Waals surface area contributed by atoms with E-state index in [-0.39, 0.29) is 24.5 Å². The van der Waals surface area contributed by atoms with Gasteiger partial charge in [-0.05, 0) is 67.8 Å². The van der Waals surface area contributed by atoms with E-state index < -0.39 is 16.9 Å². The molecule has 0 radical (unpaired) electrons. The van der Waals surface area contributed by atoms with Crippen LogP contribution in [0.15, 0.2) is 86.2 Å². The van der Waals surface area contributed by atoms with Crippen LogP contribution in [-0.4, -0.2) is 29.2 Å². The number of hydrogen-bond donors (Lipinski definition) is 0. The van der Waals surface area contributed by atoms with Gasteiger partial charge in [0.1, 0.15) is 6.61 Å². The molecule has 1 aromatic heterocycles. The number of carbonyl (C=O) groups is 1. The molecule has 0 N–H and O–H groups in total. The lowest BCUT2D eigenvalue weighted by Gasteiger charge is -2.24. The number of hydrogen-bond acceptors (Lipinski definition) is 9. The second kappa shape index (κ2) is 13.0. The molecule has 12 heteroatoms. The van der Waals surface area contributed by atoms with Gasteiger partial charge in [0.2, 0.25) is 0 Å². The largest absolute Gasteiger partial charge is 0.493 e. The summed E-state index contributed by atoms with van der Waals surface area (Å²) in [4.78, 5) is 42.6. The number of halogens is 1. The molecule has 0 amide bonds. The van der Waals surface area contributed by atoms with Gasteiger partial charge in [-0.25, -0.2) is 9.79 Å². The third kappa shape index (κ3) is 6.22. The lowest BCUT2D eigenvalue weighted by atomic mass is 9.95. The summed E-state index contributed by atoms with van der Waals surface area (Å²) < 4.78 is 19.5. The number of thiazole rings is 1. The minimum absolute atomic E-state index is 0.00109. The standard InChI is InChI=1S/C32H28BrN3O7S/c1-5-42-31(38)28-19(3)34-32-35(29(28)21-10-6-18(2)7-11-21)30(37)27(44-32)15-22-14-25(41-4)26(16-24(22)33)43-17-20-8-12-23(13-9-20)36(39)40/h6-16,29H,5,17H2,1-4H3/b27-15+/t29-/m0/s1. The van der Waals surface area contributed by atoms with Crippen molar-refractivity contribution >= 4 is 45.0 Å². The predicted molar refractivity (Wildman–Crippen MR) is 170 cm³/mol. The number of nitro groups is 1. The van der Waals surface area contributed by atoms with Crippen LogP contribution in [0.2, 0.25) is 0 Å². The molecule has 3 aromatic carbocycles. The second-order valence-electron chi connectivity index (χ2n) is 9.95. The molecule has 226 valence electrons. The van der Waals surface area contributed by atoms with Crippen molar-refractivity contribution in [2.75, 3.05) is 13.7 Å². The molecular formula is C32H28BrN3O7S. The number of ether oxygens (including phenoxy) is 3. The number of methoxy groups -OCH3 is 1. The van der Waals surface area contributed by atoms with Crippen LogP contribution in [0.3, 0.4) is 0 Å². The number of benzene rings is 3. The molecule has 0 saturated heterocycles. The van der Waals surface area contributed by atoms with E-state index in [0.717, 1.165) is 16.7 Å². The summed E-state index contributed by atoms with van der Waals surface area (Å²) in [6.07, 6.45) is 1.74. The van der Waals surface area contributed by atoms with E-state index in [4.69, 9.17) is 14.2 Å². The third-order valence-corrected chi connectivity index (χ3v) is 8.69. The summed E-state index contributed by atoms with van der Waals surface area (Å²) in [6, 6.07) is 16.6. The van der Waals surface area contributed by atoms with Gasteiger partial charge in [0.25, 0.3) is 11.2 Å². The minimum atomic E-state index is -0.693. The number of aromatic nitrogens is 1. The number of rotatable bonds is 9. The van der Waals surface area contributed by atoms with Crippen LogP contribution in [0.1, 0.15) is 42.1 Å². The molecular weight excluding hydrogens is 650 g/mol. The number of esters is 1. The maximum absolute atomic E-state index is 14.0. The molecule has 1 aliphatic rings. The highest BCUT2D eigenvalue weighted by Crippen LogP contribution is 2.35. The maximum Gasteiger partial charge on any atom is 0.338 e. The van der Waals surface area contributed by atoms with Crippen molar-refractivity contribution in [3.63, 3.8) is 0 Å². The van der Waals surface area contributed by atoms with Crippen LogP contribution in [0.5, 0.6) is 11.5 Å². The Kier molecular flexibility index (Phi) is 9.12. The summed E-state index contributed by atoms with van der Waals surface area (Å²) in [6.45, 7) is 5.83. The summed E-state index contributed by atoms with van der Waals surface area (Å²) in [5, 5.41) is 10.9. The van der Waals surface area contributed by atoms with E-state index in [1.165, 1.54) is 30.6 Å². The first-order valence-corrected chi connectivity index (χ1v) is 15.2. The molecule has 10 nitrogen and oxygen atoms in total. The number of nitrogens with zero attached hydrogens (tertiary/aromatic N) is 3. The molecule has 4 aromatic rings. The average molecular weight is 679 g/mol. The number of nitro benzene ring substituents is 1. The van der Waals surface area contributed by atoms with Crippen molar-refractivity contribution in [3.8, 4) is 11.5 Å². The lowest BCUT2D eigenvalue weighted by molar-refractivity contribution is -0.384. The van der Waals surface area contributed by atoms with Gasteiger partial charge >= 0.3 is 5.97 Å². The van der Waals surface area contributed by atoms with Gasteiger partial charge in [-0.3, -0.25) is 19.5 Å². The summed E-state index contributed by atoms with van der Waals surface area (Å²) in [5.41, 5.74) is 3.78. The van der Waals surface area contributed by atoms with Gasteiger partial charge in [-0.2, -0.15) is 0 Å². The Bertz CT molecular complexity index is 1960. The Morgan fingerprint density at radius 2 is 1.82 bits per heavy atom. The minimum Gasteiger partial charge on any atom is -0.493 e. The van der Waals surface area contributed by atoms with Gasteiger partial charge < -0.3 is 14.2 Å². The quantitative estimate of drug-likeness (QED) is 0.133. The van der Waals surface area contributed by atoms with Crippen LogP contribution >= 0.6 is 27.3 Å². The molecule has 1 aliphatic heterocycles. The van der Waals surface area contributed by atoms with E-state index in [2.05, 4.69) is 20.9 Å². The van der Waals surface area contributed by atoms with Gasteiger partial charge in [0.05, 0.1) is 40.5 Å². The van der Waals surface area contributed by atoms with Crippen LogP contribution in [0.25, 0.3) is 6.08 Å². The number of aryl methyl sites for hydroxylation is 1. The Morgan fingerprint density at radius 1 is 1.11 bits per heavy atom. The first-order valence-electron chi connectivity index (χ1n) is 13.6. The first-order chi connectivity index (χ1) is 21.1. The normalized spacial score (nSPS) is 14.6. The average Bonchev–Trinajstić information content (AvgIpc) is 3.31. The summed E-state index contributed by atoms with van der Waals surface area (Å²) in [5.74, 6) is 0.378. The molecule has 44 heavy (non-hydrogen) atoms. The van der Waals surface area contributed by atoms with E-state index >= 15 is 0 Å². The zero-order valence-electron chi connectivity index (χ0n) is 24.3. The molecule has 0 aliphatic carbocycles. The fraction of sp³-hybridized carbons (Fsp3) is 0.219.